The molecule has 1 aliphatic heterocycles. The van der Waals surface area contributed by atoms with Crippen molar-refractivity contribution in [3.8, 4) is 5.75 Å². The molecule has 1 aromatic carbocycles. The molecular formula is C20H21N3O3S. The maximum absolute atomic E-state index is 12.9. The lowest BCUT2D eigenvalue weighted by Crippen LogP contribution is -2.32. The predicted molar refractivity (Wildman–Crippen MR) is 105 cm³/mol. The summed E-state index contributed by atoms with van der Waals surface area (Å²) in [5, 5.41) is 2.47. The first-order valence-electron chi connectivity index (χ1n) is 9.04. The summed E-state index contributed by atoms with van der Waals surface area (Å²) in [6.45, 7) is 1.07. The van der Waals surface area contributed by atoms with Crippen molar-refractivity contribution in [3.05, 3.63) is 58.0 Å². The van der Waals surface area contributed by atoms with Crippen molar-refractivity contribution >= 4 is 27.5 Å². The van der Waals surface area contributed by atoms with Crippen molar-refractivity contribution < 1.29 is 9.53 Å². The maximum Gasteiger partial charge on any atom is 0.262 e. The monoisotopic (exact) mass is 383 g/mol. The van der Waals surface area contributed by atoms with Crippen LogP contribution < -0.4 is 10.3 Å². The molecule has 0 N–H and O–H groups in total. The topological polar surface area (TPSA) is 64.4 Å². The first-order valence-corrected chi connectivity index (χ1v) is 9.92. The molecule has 3 aromatic rings. The van der Waals surface area contributed by atoms with Crippen LogP contribution in [0, 0.1) is 0 Å². The molecule has 140 valence electrons. The highest BCUT2D eigenvalue weighted by Gasteiger charge is 2.31. The van der Waals surface area contributed by atoms with E-state index in [0.29, 0.717) is 11.9 Å². The fourth-order valence-corrected chi connectivity index (χ4v) is 4.47. The molecule has 7 heteroatoms. The Morgan fingerprint density at radius 2 is 2.19 bits per heavy atom. The highest BCUT2D eigenvalue weighted by Crippen LogP contribution is 2.37. The Labute approximate surface area is 161 Å². The number of rotatable bonds is 5. The number of para-hydroxylation sites is 1. The fourth-order valence-electron chi connectivity index (χ4n) is 3.74. The van der Waals surface area contributed by atoms with Crippen LogP contribution >= 0.6 is 11.3 Å². The zero-order valence-electron chi connectivity index (χ0n) is 15.1. The summed E-state index contributed by atoms with van der Waals surface area (Å²) in [6, 6.07) is 9.67. The van der Waals surface area contributed by atoms with E-state index in [2.05, 4.69) is 4.98 Å². The van der Waals surface area contributed by atoms with Crippen LogP contribution in [0.5, 0.6) is 5.75 Å². The van der Waals surface area contributed by atoms with E-state index in [1.807, 2.05) is 34.5 Å². The molecular weight excluding hydrogens is 362 g/mol. The third kappa shape index (κ3) is 3.35. The van der Waals surface area contributed by atoms with Crippen LogP contribution in [-0.2, 0) is 11.3 Å². The van der Waals surface area contributed by atoms with Crippen LogP contribution in [-0.4, -0.2) is 34.0 Å². The van der Waals surface area contributed by atoms with E-state index >= 15 is 0 Å². The van der Waals surface area contributed by atoms with Gasteiger partial charge < -0.3 is 9.64 Å². The van der Waals surface area contributed by atoms with E-state index in [4.69, 9.17) is 4.74 Å². The molecule has 1 saturated heterocycles. The van der Waals surface area contributed by atoms with Crippen LogP contribution in [0.1, 0.15) is 30.9 Å². The van der Waals surface area contributed by atoms with Gasteiger partial charge in [-0.25, -0.2) is 4.98 Å². The molecule has 1 unspecified atom stereocenters. The molecule has 0 aliphatic carbocycles. The molecule has 6 nitrogen and oxygen atoms in total. The summed E-state index contributed by atoms with van der Waals surface area (Å²) in [5.41, 5.74) is 0.959. The van der Waals surface area contributed by atoms with E-state index in [1.165, 1.54) is 22.2 Å². The number of hydrogen-bond donors (Lipinski definition) is 0. The lowest BCUT2D eigenvalue weighted by molar-refractivity contribution is -0.132. The predicted octanol–water partition coefficient (Wildman–Crippen LogP) is 3.22. The van der Waals surface area contributed by atoms with Gasteiger partial charge in [-0.05, 0) is 30.4 Å². The summed E-state index contributed by atoms with van der Waals surface area (Å²) in [6.07, 6.45) is 3.71. The quantitative estimate of drug-likeness (QED) is 0.679. The molecule has 1 fully saturated rings. The van der Waals surface area contributed by atoms with Crippen LogP contribution in [0.4, 0.5) is 0 Å². The van der Waals surface area contributed by atoms with Crippen molar-refractivity contribution in [1.82, 2.24) is 14.5 Å². The third-order valence-corrected chi connectivity index (χ3v) is 5.91. The van der Waals surface area contributed by atoms with E-state index in [0.717, 1.165) is 35.5 Å². The van der Waals surface area contributed by atoms with Gasteiger partial charge in [-0.1, -0.05) is 18.2 Å². The van der Waals surface area contributed by atoms with Crippen molar-refractivity contribution in [3.63, 3.8) is 0 Å². The van der Waals surface area contributed by atoms with Gasteiger partial charge in [0.05, 0.1) is 24.9 Å². The lowest BCUT2D eigenvalue weighted by atomic mass is 10.0. The number of fused-ring (bicyclic) bond motifs is 1. The van der Waals surface area contributed by atoms with E-state index in [9.17, 15) is 9.59 Å². The molecule has 1 aliphatic rings. The zero-order valence-corrected chi connectivity index (χ0v) is 15.9. The number of methoxy groups -OCH3 is 1. The Hall–Kier alpha value is -2.67. The number of benzene rings is 1. The van der Waals surface area contributed by atoms with Gasteiger partial charge in [-0.2, -0.15) is 0 Å². The van der Waals surface area contributed by atoms with Gasteiger partial charge >= 0.3 is 0 Å². The van der Waals surface area contributed by atoms with Gasteiger partial charge in [0.2, 0.25) is 5.91 Å². The highest BCUT2D eigenvalue weighted by molar-refractivity contribution is 7.16. The summed E-state index contributed by atoms with van der Waals surface area (Å²) >= 11 is 1.44. The van der Waals surface area contributed by atoms with E-state index in [-0.39, 0.29) is 23.9 Å². The van der Waals surface area contributed by atoms with Crippen LogP contribution in [0.25, 0.3) is 10.2 Å². The molecule has 0 saturated carbocycles. The van der Waals surface area contributed by atoms with Gasteiger partial charge in [0.1, 0.15) is 10.6 Å². The first-order chi connectivity index (χ1) is 13.2. The SMILES string of the molecule is COc1ccccc1C1CCCN1C(=O)CCn1cnc2sccc2c1=O. The summed E-state index contributed by atoms with van der Waals surface area (Å²) < 4.78 is 7.00. The molecule has 0 spiro atoms. The Morgan fingerprint density at radius 3 is 3.04 bits per heavy atom. The maximum atomic E-state index is 12.9. The number of thiophene rings is 1. The number of carbonyl (C=O) groups excluding carboxylic acids is 1. The summed E-state index contributed by atoms with van der Waals surface area (Å²) in [5.74, 6) is 0.867. The van der Waals surface area contributed by atoms with Crippen molar-refractivity contribution in [2.75, 3.05) is 13.7 Å². The van der Waals surface area contributed by atoms with Gasteiger partial charge in [-0.3, -0.25) is 14.2 Å². The van der Waals surface area contributed by atoms with E-state index in [1.54, 1.807) is 13.2 Å². The number of aromatic nitrogens is 2. The number of aryl methyl sites for hydroxylation is 1. The molecule has 1 amide bonds. The Bertz CT molecular complexity index is 1030. The molecule has 2 aromatic heterocycles. The third-order valence-electron chi connectivity index (χ3n) is 5.09. The average Bonchev–Trinajstić information content (AvgIpc) is 3.37. The second kappa shape index (κ2) is 7.52. The van der Waals surface area contributed by atoms with Crippen LogP contribution in [0.15, 0.2) is 46.8 Å². The average molecular weight is 383 g/mol. The Balaban J connectivity index is 1.50. The smallest absolute Gasteiger partial charge is 0.262 e. The lowest BCUT2D eigenvalue weighted by Gasteiger charge is -2.26. The van der Waals surface area contributed by atoms with Crippen molar-refractivity contribution in [2.24, 2.45) is 0 Å². The molecule has 0 bridgehead atoms. The minimum absolute atomic E-state index is 0.0304. The number of ether oxygens (including phenoxy) is 1. The molecule has 4 rings (SSSR count). The molecule has 3 heterocycles. The van der Waals surface area contributed by atoms with Gasteiger partial charge in [0.15, 0.2) is 0 Å². The number of likely N-dealkylation sites (tertiary alicyclic amines) is 1. The summed E-state index contributed by atoms with van der Waals surface area (Å²) in [7, 11) is 1.65. The minimum Gasteiger partial charge on any atom is -0.496 e. The van der Waals surface area contributed by atoms with Crippen LogP contribution in [0.2, 0.25) is 0 Å². The molecule has 0 radical (unpaired) electrons. The minimum atomic E-state index is -0.0863. The number of amides is 1. The highest BCUT2D eigenvalue weighted by atomic mass is 32.1. The normalized spacial score (nSPS) is 16.8. The van der Waals surface area contributed by atoms with Gasteiger partial charge in [0.25, 0.3) is 5.56 Å². The molecule has 27 heavy (non-hydrogen) atoms. The Morgan fingerprint density at radius 1 is 1.33 bits per heavy atom. The van der Waals surface area contributed by atoms with E-state index < -0.39 is 0 Å². The second-order valence-corrected chi connectivity index (χ2v) is 7.51. The van der Waals surface area contributed by atoms with Crippen molar-refractivity contribution in [1.29, 1.82) is 0 Å². The first kappa shape index (κ1) is 17.7. The number of nitrogens with zero attached hydrogens (tertiary/aromatic N) is 3. The zero-order chi connectivity index (χ0) is 18.8. The standard InChI is InChI=1S/C20H21N3O3S/c1-26-17-7-3-2-5-14(17)16-6-4-10-23(16)18(24)8-11-22-13-21-19-15(20(22)25)9-12-27-19/h2-3,5,7,9,12-13,16H,4,6,8,10-11H2,1H3. The van der Waals surface area contributed by atoms with Gasteiger partial charge in [-0.15, -0.1) is 11.3 Å². The second-order valence-electron chi connectivity index (χ2n) is 6.62. The number of hydrogen-bond acceptors (Lipinski definition) is 5. The molecule has 1 atom stereocenters. The van der Waals surface area contributed by atoms with Crippen molar-refractivity contribution in [2.45, 2.75) is 31.8 Å². The fraction of sp³-hybridized carbons (Fsp3) is 0.350. The Kier molecular flexibility index (Phi) is 4.94. The summed E-state index contributed by atoms with van der Waals surface area (Å²) in [4.78, 5) is 32.3. The van der Waals surface area contributed by atoms with Crippen LogP contribution in [0.3, 0.4) is 0 Å². The van der Waals surface area contributed by atoms with Gasteiger partial charge in [0, 0.05) is 25.1 Å². The largest absolute Gasteiger partial charge is 0.496 e. The number of carbonyl (C=O) groups is 1.